The number of hydrogen-bond donors (Lipinski definition) is 0. The lowest BCUT2D eigenvalue weighted by Crippen LogP contribution is -2.50. The lowest BCUT2D eigenvalue weighted by Gasteiger charge is -2.33. The van der Waals surface area contributed by atoms with Crippen LogP contribution in [0, 0.1) is 0 Å². The van der Waals surface area contributed by atoms with Crippen LogP contribution in [0.3, 0.4) is 0 Å². The molecule has 11 heteroatoms. The standard InChI is InChI=1S/C27H29F3N4O3S/c1-19(35)33-10-12-34(13-11-33)26(36)24-18-38-25(31-24)17-32(15-20-6-8-23(37-2)9-7-20)16-21-4-3-5-22(14-21)27(28,29)30/h3-9,14,18H,10-13,15-17H2,1-2H3. The quantitative estimate of drug-likeness (QED) is 0.411. The van der Waals surface area contributed by atoms with Crippen molar-refractivity contribution < 1.29 is 27.5 Å². The fourth-order valence-electron chi connectivity index (χ4n) is 4.32. The van der Waals surface area contributed by atoms with Crippen LogP contribution in [0.15, 0.2) is 53.9 Å². The molecule has 2 aromatic carbocycles. The molecule has 1 saturated heterocycles. The normalized spacial score (nSPS) is 14.2. The summed E-state index contributed by atoms with van der Waals surface area (Å²) >= 11 is 1.35. The number of rotatable bonds is 8. The van der Waals surface area contributed by atoms with Gasteiger partial charge in [0.25, 0.3) is 5.91 Å². The molecule has 202 valence electrons. The van der Waals surface area contributed by atoms with E-state index in [1.807, 2.05) is 29.2 Å². The van der Waals surface area contributed by atoms with Crippen molar-refractivity contribution in [3.05, 3.63) is 81.3 Å². The fraction of sp³-hybridized carbons (Fsp3) is 0.370. The Morgan fingerprint density at radius 2 is 1.63 bits per heavy atom. The van der Waals surface area contributed by atoms with Gasteiger partial charge in [-0.15, -0.1) is 11.3 Å². The maximum absolute atomic E-state index is 13.3. The van der Waals surface area contributed by atoms with Crippen molar-refractivity contribution in [1.29, 1.82) is 0 Å². The highest BCUT2D eigenvalue weighted by atomic mass is 32.1. The van der Waals surface area contributed by atoms with Crippen LogP contribution in [-0.4, -0.2) is 64.8 Å². The Bertz CT molecular complexity index is 1250. The van der Waals surface area contributed by atoms with Crippen LogP contribution < -0.4 is 4.74 Å². The maximum Gasteiger partial charge on any atom is 0.416 e. The third-order valence-electron chi connectivity index (χ3n) is 6.37. The summed E-state index contributed by atoms with van der Waals surface area (Å²) in [4.78, 5) is 34.5. The Morgan fingerprint density at radius 1 is 0.974 bits per heavy atom. The largest absolute Gasteiger partial charge is 0.497 e. The van der Waals surface area contributed by atoms with Crippen LogP contribution in [0.4, 0.5) is 13.2 Å². The van der Waals surface area contributed by atoms with Crippen molar-refractivity contribution in [1.82, 2.24) is 19.7 Å². The SMILES string of the molecule is COc1ccc(CN(Cc2cccc(C(F)(F)F)c2)Cc2nc(C(=O)N3CCN(C(C)=O)CC3)cs2)cc1. The average molecular weight is 547 g/mol. The summed E-state index contributed by atoms with van der Waals surface area (Å²) in [6.45, 7) is 4.49. The van der Waals surface area contributed by atoms with Crippen LogP contribution in [0.5, 0.6) is 5.75 Å². The van der Waals surface area contributed by atoms with Crippen molar-refractivity contribution in [3.63, 3.8) is 0 Å². The zero-order valence-corrected chi connectivity index (χ0v) is 22.0. The number of amides is 2. The monoisotopic (exact) mass is 546 g/mol. The van der Waals surface area contributed by atoms with Gasteiger partial charge in [-0.3, -0.25) is 14.5 Å². The third kappa shape index (κ3) is 7.11. The average Bonchev–Trinajstić information content (AvgIpc) is 3.37. The van der Waals surface area contributed by atoms with Crippen molar-refractivity contribution in [2.45, 2.75) is 32.7 Å². The first-order valence-electron chi connectivity index (χ1n) is 12.1. The molecule has 2 amide bonds. The Labute approximate surface area is 223 Å². The summed E-state index contributed by atoms with van der Waals surface area (Å²) < 4.78 is 45.0. The van der Waals surface area contributed by atoms with E-state index in [4.69, 9.17) is 4.74 Å². The molecule has 0 N–H and O–H groups in total. The first-order chi connectivity index (χ1) is 18.1. The molecule has 0 atom stereocenters. The third-order valence-corrected chi connectivity index (χ3v) is 7.20. The van der Waals surface area contributed by atoms with Crippen molar-refractivity contribution in [2.75, 3.05) is 33.3 Å². The molecule has 2 heterocycles. The number of halogens is 3. The number of ether oxygens (including phenoxy) is 1. The van der Waals surface area contributed by atoms with E-state index in [2.05, 4.69) is 4.98 Å². The molecule has 0 radical (unpaired) electrons. The van der Waals surface area contributed by atoms with Crippen molar-refractivity contribution in [2.24, 2.45) is 0 Å². The van der Waals surface area contributed by atoms with Crippen LogP contribution in [0.1, 0.15) is 39.1 Å². The number of aromatic nitrogens is 1. The molecule has 7 nitrogen and oxygen atoms in total. The lowest BCUT2D eigenvalue weighted by molar-refractivity contribution is -0.137. The second-order valence-corrected chi connectivity index (χ2v) is 10.1. The first kappa shape index (κ1) is 27.6. The molecule has 4 rings (SSSR count). The van der Waals surface area contributed by atoms with Crippen LogP contribution in [0.2, 0.25) is 0 Å². The zero-order valence-electron chi connectivity index (χ0n) is 21.2. The fourth-order valence-corrected chi connectivity index (χ4v) is 5.13. The molecular formula is C27H29F3N4O3S. The number of carbonyl (C=O) groups excluding carboxylic acids is 2. The van der Waals surface area contributed by atoms with E-state index in [1.54, 1.807) is 28.4 Å². The van der Waals surface area contributed by atoms with Gasteiger partial charge >= 0.3 is 6.18 Å². The summed E-state index contributed by atoms with van der Waals surface area (Å²) in [6.07, 6.45) is -4.42. The van der Waals surface area contributed by atoms with Crippen LogP contribution >= 0.6 is 11.3 Å². The molecule has 1 aliphatic rings. The second-order valence-electron chi connectivity index (χ2n) is 9.12. The minimum absolute atomic E-state index is 0.00855. The molecule has 0 saturated carbocycles. The van der Waals surface area contributed by atoms with E-state index in [0.717, 1.165) is 11.6 Å². The number of thiazole rings is 1. The van der Waals surface area contributed by atoms with E-state index < -0.39 is 11.7 Å². The van der Waals surface area contributed by atoms with Gasteiger partial charge in [0.05, 0.1) is 19.2 Å². The number of nitrogens with zero attached hydrogens (tertiary/aromatic N) is 4. The minimum atomic E-state index is -4.42. The molecule has 0 spiro atoms. The highest BCUT2D eigenvalue weighted by Gasteiger charge is 2.30. The number of piperazine rings is 1. The molecular weight excluding hydrogens is 517 g/mol. The molecule has 1 aromatic heterocycles. The van der Waals surface area contributed by atoms with Crippen molar-refractivity contribution in [3.8, 4) is 5.75 Å². The highest BCUT2D eigenvalue weighted by molar-refractivity contribution is 7.09. The second kappa shape index (κ2) is 12.0. The van der Waals surface area contributed by atoms with E-state index in [9.17, 15) is 22.8 Å². The number of methoxy groups -OCH3 is 1. The first-order valence-corrected chi connectivity index (χ1v) is 13.0. The predicted molar refractivity (Wildman–Crippen MR) is 138 cm³/mol. The number of hydrogen-bond acceptors (Lipinski definition) is 6. The van der Waals surface area contributed by atoms with E-state index >= 15 is 0 Å². The van der Waals surface area contributed by atoms with Gasteiger partial charge in [0.15, 0.2) is 0 Å². The zero-order chi connectivity index (χ0) is 27.3. The molecule has 0 bridgehead atoms. The smallest absolute Gasteiger partial charge is 0.416 e. The number of alkyl halides is 3. The lowest BCUT2D eigenvalue weighted by atomic mass is 10.1. The Morgan fingerprint density at radius 3 is 2.26 bits per heavy atom. The van der Waals surface area contributed by atoms with E-state index in [0.29, 0.717) is 61.3 Å². The van der Waals surface area contributed by atoms with Gasteiger partial charge in [-0.25, -0.2) is 4.98 Å². The van der Waals surface area contributed by atoms with Gasteiger partial charge in [-0.05, 0) is 29.3 Å². The van der Waals surface area contributed by atoms with Gasteiger partial charge < -0.3 is 14.5 Å². The maximum atomic E-state index is 13.3. The predicted octanol–water partition coefficient (Wildman–Crippen LogP) is 4.68. The Hall–Kier alpha value is -3.44. The van der Waals surface area contributed by atoms with Crippen LogP contribution in [0.25, 0.3) is 0 Å². The van der Waals surface area contributed by atoms with Gasteiger partial charge in [0.2, 0.25) is 5.91 Å². The summed E-state index contributed by atoms with van der Waals surface area (Å²) in [5.41, 5.74) is 1.15. The molecule has 1 aliphatic heterocycles. The molecule has 3 aromatic rings. The number of benzene rings is 2. The molecule has 0 unspecified atom stereocenters. The van der Waals surface area contributed by atoms with Gasteiger partial charge in [0, 0.05) is 51.6 Å². The molecule has 1 fully saturated rings. The Kier molecular flexibility index (Phi) is 8.68. The Balaban J connectivity index is 1.49. The summed E-state index contributed by atoms with van der Waals surface area (Å²) in [7, 11) is 1.58. The van der Waals surface area contributed by atoms with E-state index in [-0.39, 0.29) is 18.4 Å². The highest BCUT2D eigenvalue weighted by Crippen LogP contribution is 2.30. The minimum Gasteiger partial charge on any atom is -0.497 e. The van der Waals surface area contributed by atoms with Crippen molar-refractivity contribution >= 4 is 23.2 Å². The van der Waals surface area contributed by atoms with Gasteiger partial charge in [0.1, 0.15) is 16.5 Å². The topological polar surface area (TPSA) is 66.0 Å². The molecule has 38 heavy (non-hydrogen) atoms. The number of carbonyl (C=O) groups is 2. The molecule has 0 aliphatic carbocycles. The van der Waals surface area contributed by atoms with Gasteiger partial charge in [-0.2, -0.15) is 13.2 Å². The van der Waals surface area contributed by atoms with Crippen LogP contribution in [-0.2, 0) is 30.6 Å². The summed E-state index contributed by atoms with van der Waals surface area (Å²) in [5.74, 6) is 0.520. The summed E-state index contributed by atoms with van der Waals surface area (Å²) in [5, 5.41) is 2.40. The summed E-state index contributed by atoms with van der Waals surface area (Å²) in [6, 6.07) is 12.8. The van der Waals surface area contributed by atoms with Gasteiger partial charge in [-0.1, -0.05) is 30.3 Å². The van der Waals surface area contributed by atoms with E-state index in [1.165, 1.54) is 30.4 Å².